The number of hydrogen-bond donors (Lipinski definition) is 2. The van der Waals surface area contributed by atoms with E-state index in [2.05, 4.69) is 30.4 Å². The Morgan fingerprint density at radius 1 is 1.00 bits per heavy atom. The number of nitrogens with one attached hydrogen (secondary N) is 1. The van der Waals surface area contributed by atoms with E-state index in [4.69, 9.17) is 4.74 Å². The smallest absolute Gasteiger partial charge is 0.119 e. The molecular weight excluding hydrogens is 274 g/mol. The van der Waals surface area contributed by atoms with E-state index in [1.54, 1.807) is 0 Å². The van der Waals surface area contributed by atoms with Crippen molar-refractivity contribution in [1.29, 1.82) is 0 Å². The summed E-state index contributed by atoms with van der Waals surface area (Å²) in [6.45, 7) is 7.06. The molecule has 3 nitrogen and oxygen atoms in total. The van der Waals surface area contributed by atoms with E-state index < -0.39 is 0 Å². The molecule has 0 aliphatic heterocycles. The molecule has 0 radical (unpaired) electrons. The number of benzene rings is 2. The second kappa shape index (κ2) is 7.97. The Balaban J connectivity index is 1.92. The lowest BCUT2D eigenvalue weighted by atomic mass is 10.1. The standard InChI is InChI=1S/C19H25NO2/c1-14(2)22-19-9-7-18(8-10-19)15(3)20-12-16-5-4-6-17(11-16)13-21/h4-11,14-15,20-21H,12-13H2,1-3H3/t15-/m0/s1. The molecule has 0 bridgehead atoms. The van der Waals surface area contributed by atoms with Gasteiger partial charge in [-0.3, -0.25) is 0 Å². The van der Waals surface area contributed by atoms with Crippen LogP contribution < -0.4 is 10.1 Å². The molecule has 0 aliphatic carbocycles. The lowest BCUT2D eigenvalue weighted by Crippen LogP contribution is -2.18. The van der Waals surface area contributed by atoms with Gasteiger partial charge < -0.3 is 15.2 Å². The topological polar surface area (TPSA) is 41.5 Å². The van der Waals surface area contributed by atoms with E-state index in [0.717, 1.165) is 17.9 Å². The summed E-state index contributed by atoms with van der Waals surface area (Å²) in [5.74, 6) is 0.904. The van der Waals surface area contributed by atoms with Crippen LogP contribution in [-0.2, 0) is 13.2 Å². The van der Waals surface area contributed by atoms with Gasteiger partial charge in [0.25, 0.3) is 0 Å². The number of aliphatic hydroxyl groups excluding tert-OH is 1. The number of aliphatic hydroxyl groups is 1. The fourth-order valence-corrected chi connectivity index (χ4v) is 2.33. The summed E-state index contributed by atoms with van der Waals surface area (Å²) in [6.07, 6.45) is 0.195. The van der Waals surface area contributed by atoms with Crippen molar-refractivity contribution in [2.45, 2.75) is 46.1 Å². The molecule has 2 aromatic rings. The molecule has 3 heteroatoms. The SMILES string of the molecule is CC(C)Oc1ccc([C@H](C)NCc2cccc(CO)c2)cc1. The highest BCUT2D eigenvalue weighted by Gasteiger charge is 2.06. The quantitative estimate of drug-likeness (QED) is 0.816. The zero-order chi connectivity index (χ0) is 15.9. The van der Waals surface area contributed by atoms with Gasteiger partial charge in [-0.15, -0.1) is 0 Å². The molecule has 0 amide bonds. The van der Waals surface area contributed by atoms with E-state index in [-0.39, 0.29) is 18.8 Å². The van der Waals surface area contributed by atoms with Gasteiger partial charge in [0.2, 0.25) is 0 Å². The van der Waals surface area contributed by atoms with Gasteiger partial charge in [-0.2, -0.15) is 0 Å². The second-order valence-corrected chi connectivity index (χ2v) is 5.82. The Morgan fingerprint density at radius 2 is 1.68 bits per heavy atom. The van der Waals surface area contributed by atoms with E-state index in [1.165, 1.54) is 11.1 Å². The minimum Gasteiger partial charge on any atom is -0.491 e. The summed E-state index contributed by atoms with van der Waals surface area (Å²) < 4.78 is 5.66. The Hall–Kier alpha value is -1.84. The lowest BCUT2D eigenvalue weighted by Gasteiger charge is -2.16. The molecule has 22 heavy (non-hydrogen) atoms. The van der Waals surface area contributed by atoms with Gasteiger partial charge in [-0.25, -0.2) is 0 Å². The Labute approximate surface area is 133 Å². The summed E-state index contributed by atoms with van der Waals surface area (Å²) in [6, 6.07) is 16.5. The zero-order valence-electron chi connectivity index (χ0n) is 13.5. The van der Waals surface area contributed by atoms with Gasteiger partial charge in [0.05, 0.1) is 12.7 Å². The Morgan fingerprint density at radius 3 is 2.32 bits per heavy atom. The maximum Gasteiger partial charge on any atom is 0.119 e. The van der Waals surface area contributed by atoms with Crippen LogP contribution in [0.4, 0.5) is 0 Å². The molecule has 0 saturated carbocycles. The minimum absolute atomic E-state index is 0.0840. The van der Waals surface area contributed by atoms with Crippen LogP contribution in [0.5, 0.6) is 5.75 Å². The van der Waals surface area contributed by atoms with Crippen LogP contribution in [0.1, 0.15) is 43.5 Å². The van der Waals surface area contributed by atoms with Crippen LogP contribution in [0.2, 0.25) is 0 Å². The normalized spacial score (nSPS) is 12.4. The van der Waals surface area contributed by atoms with Crippen molar-refractivity contribution in [1.82, 2.24) is 5.32 Å². The van der Waals surface area contributed by atoms with Gasteiger partial charge in [-0.05, 0) is 49.6 Å². The maximum absolute atomic E-state index is 9.17. The highest BCUT2D eigenvalue weighted by atomic mass is 16.5. The molecule has 0 unspecified atom stereocenters. The summed E-state index contributed by atoms with van der Waals surface area (Å²) in [5.41, 5.74) is 3.36. The molecule has 0 saturated heterocycles. The molecule has 1 atom stereocenters. The third kappa shape index (κ3) is 4.86. The van der Waals surface area contributed by atoms with Crippen LogP contribution in [0.3, 0.4) is 0 Å². The van der Waals surface area contributed by atoms with Gasteiger partial charge in [-0.1, -0.05) is 36.4 Å². The van der Waals surface area contributed by atoms with Crippen molar-refractivity contribution in [2.75, 3.05) is 0 Å². The first kappa shape index (κ1) is 16.5. The van der Waals surface area contributed by atoms with Crippen molar-refractivity contribution < 1.29 is 9.84 Å². The predicted octanol–water partition coefficient (Wildman–Crippen LogP) is 3.82. The van der Waals surface area contributed by atoms with Gasteiger partial charge in [0.1, 0.15) is 5.75 Å². The molecule has 2 aromatic carbocycles. The highest BCUT2D eigenvalue weighted by molar-refractivity contribution is 5.29. The third-order valence-electron chi connectivity index (χ3n) is 3.54. The molecule has 0 aliphatic rings. The van der Waals surface area contributed by atoms with Crippen LogP contribution in [0.25, 0.3) is 0 Å². The summed E-state index contributed by atoms with van der Waals surface area (Å²) in [7, 11) is 0. The van der Waals surface area contributed by atoms with E-state index in [0.29, 0.717) is 0 Å². The summed E-state index contributed by atoms with van der Waals surface area (Å²) >= 11 is 0. The number of ether oxygens (including phenoxy) is 1. The largest absolute Gasteiger partial charge is 0.491 e. The van der Waals surface area contributed by atoms with E-state index in [9.17, 15) is 5.11 Å². The van der Waals surface area contributed by atoms with Gasteiger partial charge >= 0.3 is 0 Å². The molecule has 0 aromatic heterocycles. The average molecular weight is 299 g/mol. The minimum atomic E-state index is 0.0840. The first-order valence-corrected chi connectivity index (χ1v) is 7.77. The van der Waals surface area contributed by atoms with Gasteiger partial charge in [0.15, 0.2) is 0 Å². The molecule has 0 heterocycles. The van der Waals surface area contributed by atoms with Crippen molar-refractivity contribution in [3.8, 4) is 5.75 Å². The van der Waals surface area contributed by atoms with Crippen molar-refractivity contribution >= 4 is 0 Å². The fraction of sp³-hybridized carbons (Fsp3) is 0.368. The van der Waals surface area contributed by atoms with E-state index >= 15 is 0 Å². The highest BCUT2D eigenvalue weighted by Crippen LogP contribution is 2.19. The summed E-state index contributed by atoms with van der Waals surface area (Å²) in [5, 5.41) is 12.7. The molecule has 0 spiro atoms. The zero-order valence-corrected chi connectivity index (χ0v) is 13.5. The monoisotopic (exact) mass is 299 g/mol. The fourth-order valence-electron chi connectivity index (χ4n) is 2.33. The number of rotatable bonds is 7. The van der Waals surface area contributed by atoms with Crippen LogP contribution in [-0.4, -0.2) is 11.2 Å². The molecular formula is C19H25NO2. The number of hydrogen-bond acceptors (Lipinski definition) is 3. The van der Waals surface area contributed by atoms with Crippen LogP contribution in [0.15, 0.2) is 48.5 Å². The molecule has 0 fully saturated rings. The van der Waals surface area contributed by atoms with Gasteiger partial charge in [0, 0.05) is 12.6 Å². The van der Waals surface area contributed by atoms with Crippen molar-refractivity contribution in [3.05, 3.63) is 65.2 Å². The average Bonchev–Trinajstić information content (AvgIpc) is 2.53. The predicted molar refractivity (Wildman–Crippen MR) is 89.8 cm³/mol. The molecule has 2 rings (SSSR count). The van der Waals surface area contributed by atoms with Crippen molar-refractivity contribution in [2.24, 2.45) is 0 Å². The maximum atomic E-state index is 9.17. The first-order chi connectivity index (χ1) is 10.6. The first-order valence-electron chi connectivity index (χ1n) is 7.77. The Kier molecular flexibility index (Phi) is 5.99. The summed E-state index contributed by atoms with van der Waals surface area (Å²) in [4.78, 5) is 0. The Bertz CT molecular complexity index is 578. The van der Waals surface area contributed by atoms with Crippen LogP contribution in [0, 0.1) is 0 Å². The lowest BCUT2D eigenvalue weighted by molar-refractivity contribution is 0.242. The molecule has 118 valence electrons. The second-order valence-electron chi connectivity index (χ2n) is 5.82. The molecule has 2 N–H and O–H groups in total. The van der Waals surface area contributed by atoms with E-state index in [1.807, 2.05) is 44.2 Å². The third-order valence-corrected chi connectivity index (χ3v) is 3.54. The van der Waals surface area contributed by atoms with Crippen molar-refractivity contribution in [3.63, 3.8) is 0 Å². The van der Waals surface area contributed by atoms with Crippen LogP contribution >= 0.6 is 0 Å².